The van der Waals surface area contributed by atoms with Gasteiger partial charge in [-0.2, -0.15) is 0 Å². The van der Waals surface area contributed by atoms with E-state index in [0.717, 1.165) is 37.4 Å². The molecular weight excluding hydrogens is 356 g/mol. The number of likely N-dealkylation sites (N-methyl/N-ethyl adjacent to an activating group) is 1. The van der Waals surface area contributed by atoms with Crippen LogP contribution >= 0.6 is 0 Å². The molecule has 0 saturated carbocycles. The van der Waals surface area contributed by atoms with Gasteiger partial charge in [-0.15, -0.1) is 0 Å². The van der Waals surface area contributed by atoms with Crippen molar-refractivity contribution in [2.24, 2.45) is 10.9 Å². The summed E-state index contributed by atoms with van der Waals surface area (Å²) in [6, 6.07) is 6.03. The van der Waals surface area contributed by atoms with E-state index in [2.05, 4.69) is 35.5 Å². The van der Waals surface area contributed by atoms with Crippen LogP contribution in [0.1, 0.15) is 32.8 Å². The summed E-state index contributed by atoms with van der Waals surface area (Å²) in [5.74, 6) is 2.67. The standard InChI is InChI=1S/C21H36N4O3/c1-7-28-19-13-17(10-11-18(19)27-6)9-8-12-22-21(23-14-16(2)3)24-15-20(26)25(4)5/h10-11,13,16H,7-9,12,14-15H2,1-6H3,(H2,22,23,24). The van der Waals surface area contributed by atoms with Crippen LogP contribution in [0.4, 0.5) is 0 Å². The molecule has 158 valence electrons. The largest absolute Gasteiger partial charge is 0.493 e. The molecule has 0 saturated heterocycles. The summed E-state index contributed by atoms with van der Waals surface area (Å²) in [5, 5.41) is 6.60. The molecule has 0 fully saturated rings. The quantitative estimate of drug-likeness (QED) is 0.343. The molecule has 0 heterocycles. The van der Waals surface area contributed by atoms with Crippen molar-refractivity contribution >= 4 is 11.9 Å². The summed E-state index contributed by atoms with van der Waals surface area (Å²) in [6.45, 7) is 8.53. The lowest BCUT2D eigenvalue weighted by Crippen LogP contribution is -2.40. The number of ether oxygens (including phenoxy) is 2. The van der Waals surface area contributed by atoms with Crippen molar-refractivity contribution < 1.29 is 14.3 Å². The topological polar surface area (TPSA) is 75.2 Å². The molecule has 0 spiro atoms. The van der Waals surface area contributed by atoms with E-state index in [9.17, 15) is 4.79 Å². The number of hydrogen-bond donors (Lipinski definition) is 2. The number of benzene rings is 1. The highest BCUT2D eigenvalue weighted by Crippen LogP contribution is 2.28. The number of rotatable bonds is 11. The van der Waals surface area contributed by atoms with E-state index in [4.69, 9.17) is 9.47 Å². The van der Waals surface area contributed by atoms with Gasteiger partial charge in [-0.05, 0) is 43.4 Å². The molecule has 7 heteroatoms. The van der Waals surface area contributed by atoms with Gasteiger partial charge in [0.1, 0.15) is 6.54 Å². The second kappa shape index (κ2) is 12.9. The zero-order valence-electron chi connectivity index (χ0n) is 18.2. The molecule has 0 aliphatic carbocycles. The van der Waals surface area contributed by atoms with Gasteiger partial charge in [0.05, 0.1) is 13.7 Å². The third-order valence-electron chi connectivity index (χ3n) is 4.01. The maximum atomic E-state index is 11.8. The molecule has 0 aromatic heterocycles. The minimum atomic E-state index is -0.0210. The minimum absolute atomic E-state index is 0.0210. The van der Waals surface area contributed by atoms with Crippen molar-refractivity contribution in [3.8, 4) is 11.5 Å². The summed E-state index contributed by atoms with van der Waals surface area (Å²) in [4.78, 5) is 17.7. The van der Waals surface area contributed by atoms with Crippen molar-refractivity contribution in [3.63, 3.8) is 0 Å². The van der Waals surface area contributed by atoms with Gasteiger partial charge in [0, 0.05) is 27.2 Å². The number of nitrogens with one attached hydrogen (secondary N) is 2. The Labute approximate surface area is 169 Å². The van der Waals surface area contributed by atoms with Gasteiger partial charge in [-0.1, -0.05) is 19.9 Å². The van der Waals surface area contributed by atoms with E-state index < -0.39 is 0 Å². The van der Waals surface area contributed by atoms with E-state index in [-0.39, 0.29) is 12.5 Å². The fourth-order valence-electron chi connectivity index (χ4n) is 2.41. The zero-order valence-corrected chi connectivity index (χ0v) is 18.2. The first-order valence-electron chi connectivity index (χ1n) is 9.89. The van der Waals surface area contributed by atoms with E-state index in [1.807, 2.05) is 19.1 Å². The van der Waals surface area contributed by atoms with Crippen LogP contribution in [-0.4, -0.2) is 64.2 Å². The van der Waals surface area contributed by atoms with Crippen LogP contribution < -0.4 is 20.1 Å². The highest BCUT2D eigenvalue weighted by Gasteiger charge is 2.07. The Morgan fingerprint density at radius 1 is 1.21 bits per heavy atom. The van der Waals surface area contributed by atoms with Gasteiger partial charge in [-0.25, -0.2) is 4.99 Å². The molecule has 0 atom stereocenters. The average Bonchev–Trinajstić information content (AvgIpc) is 2.66. The van der Waals surface area contributed by atoms with Gasteiger partial charge >= 0.3 is 0 Å². The SMILES string of the molecule is CCOc1cc(CCCNC(=NCC(=O)N(C)C)NCC(C)C)ccc1OC. The van der Waals surface area contributed by atoms with Crippen LogP contribution in [0.3, 0.4) is 0 Å². The Morgan fingerprint density at radius 2 is 1.96 bits per heavy atom. The predicted octanol–water partition coefficient (Wildman–Crippen LogP) is 2.31. The molecule has 0 bridgehead atoms. The number of amides is 1. The third kappa shape index (κ3) is 8.97. The highest BCUT2D eigenvalue weighted by molar-refractivity contribution is 5.84. The molecule has 0 radical (unpaired) electrons. The lowest BCUT2D eigenvalue weighted by Gasteiger charge is -2.15. The molecule has 1 aromatic rings. The van der Waals surface area contributed by atoms with Crippen LogP contribution in [0.15, 0.2) is 23.2 Å². The molecule has 28 heavy (non-hydrogen) atoms. The lowest BCUT2D eigenvalue weighted by atomic mass is 10.1. The monoisotopic (exact) mass is 392 g/mol. The van der Waals surface area contributed by atoms with Crippen molar-refractivity contribution in [3.05, 3.63) is 23.8 Å². The predicted molar refractivity (Wildman–Crippen MR) is 114 cm³/mol. The molecule has 0 aliphatic rings. The van der Waals surface area contributed by atoms with Crippen molar-refractivity contribution in [1.29, 1.82) is 0 Å². The number of carbonyl (C=O) groups excluding carboxylic acids is 1. The van der Waals surface area contributed by atoms with E-state index in [0.29, 0.717) is 18.5 Å². The zero-order chi connectivity index (χ0) is 20.9. The molecule has 1 rings (SSSR count). The van der Waals surface area contributed by atoms with Crippen molar-refractivity contribution in [1.82, 2.24) is 15.5 Å². The molecule has 1 aromatic carbocycles. The van der Waals surface area contributed by atoms with Gasteiger partial charge < -0.3 is 25.0 Å². The van der Waals surface area contributed by atoms with Gasteiger partial charge in [0.25, 0.3) is 0 Å². The van der Waals surface area contributed by atoms with Crippen LogP contribution in [0.5, 0.6) is 11.5 Å². The molecule has 7 nitrogen and oxygen atoms in total. The first kappa shape index (κ1) is 23.6. The Hall–Kier alpha value is -2.44. The Morgan fingerprint density at radius 3 is 2.57 bits per heavy atom. The number of guanidine groups is 1. The summed E-state index contributed by atoms with van der Waals surface area (Å²) in [7, 11) is 5.11. The van der Waals surface area contributed by atoms with E-state index >= 15 is 0 Å². The Balaban J connectivity index is 2.57. The second-order valence-corrected chi connectivity index (χ2v) is 7.18. The number of hydrogen-bond acceptors (Lipinski definition) is 4. The fraction of sp³-hybridized carbons (Fsp3) is 0.619. The number of carbonyl (C=O) groups is 1. The fourth-order valence-corrected chi connectivity index (χ4v) is 2.41. The maximum absolute atomic E-state index is 11.8. The Kier molecular flexibility index (Phi) is 10.8. The normalized spacial score (nSPS) is 11.3. The summed E-state index contributed by atoms with van der Waals surface area (Å²) in [6.07, 6.45) is 1.84. The first-order valence-corrected chi connectivity index (χ1v) is 9.89. The number of methoxy groups -OCH3 is 1. The van der Waals surface area contributed by atoms with Gasteiger partial charge in [-0.3, -0.25) is 4.79 Å². The highest BCUT2D eigenvalue weighted by atomic mass is 16.5. The minimum Gasteiger partial charge on any atom is -0.493 e. The molecule has 1 amide bonds. The van der Waals surface area contributed by atoms with E-state index in [1.54, 1.807) is 26.1 Å². The third-order valence-corrected chi connectivity index (χ3v) is 4.01. The van der Waals surface area contributed by atoms with Gasteiger partial charge in [0.2, 0.25) is 5.91 Å². The molecular formula is C21H36N4O3. The van der Waals surface area contributed by atoms with Crippen LogP contribution in [0, 0.1) is 5.92 Å². The lowest BCUT2D eigenvalue weighted by molar-refractivity contribution is -0.127. The van der Waals surface area contributed by atoms with Crippen molar-refractivity contribution in [2.75, 3.05) is 47.4 Å². The van der Waals surface area contributed by atoms with Gasteiger partial charge in [0.15, 0.2) is 17.5 Å². The number of aryl methyl sites for hydroxylation is 1. The summed E-state index contributed by atoms with van der Waals surface area (Å²) in [5.41, 5.74) is 1.20. The van der Waals surface area contributed by atoms with Crippen LogP contribution in [-0.2, 0) is 11.2 Å². The smallest absolute Gasteiger partial charge is 0.243 e. The Bertz CT molecular complexity index is 630. The first-order chi connectivity index (χ1) is 13.4. The summed E-state index contributed by atoms with van der Waals surface area (Å²) < 4.78 is 11.0. The van der Waals surface area contributed by atoms with E-state index in [1.165, 1.54) is 5.56 Å². The molecule has 0 unspecified atom stereocenters. The van der Waals surface area contributed by atoms with Crippen LogP contribution in [0.25, 0.3) is 0 Å². The maximum Gasteiger partial charge on any atom is 0.243 e. The average molecular weight is 393 g/mol. The number of aliphatic imine (C=N–C) groups is 1. The summed E-state index contributed by atoms with van der Waals surface area (Å²) >= 11 is 0. The van der Waals surface area contributed by atoms with Crippen molar-refractivity contribution in [2.45, 2.75) is 33.6 Å². The molecule has 2 N–H and O–H groups in total. The second-order valence-electron chi connectivity index (χ2n) is 7.18. The van der Waals surface area contributed by atoms with Crippen LogP contribution in [0.2, 0.25) is 0 Å². The number of nitrogens with zero attached hydrogens (tertiary/aromatic N) is 2. The molecule has 0 aliphatic heterocycles.